The SMILES string of the molecule is CCCCCCCCCCCCCC(=NO)c1cc(OCC)ccc1O. The van der Waals surface area contributed by atoms with Crippen LogP contribution in [-0.2, 0) is 0 Å². The lowest BCUT2D eigenvalue weighted by Gasteiger charge is -2.10. The largest absolute Gasteiger partial charge is 0.507 e. The Kier molecular flexibility index (Phi) is 12.4. The number of rotatable bonds is 15. The van der Waals surface area contributed by atoms with Gasteiger partial charge in [0.05, 0.1) is 12.3 Å². The van der Waals surface area contributed by atoms with Gasteiger partial charge in [-0.3, -0.25) is 0 Å². The number of benzene rings is 1. The van der Waals surface area contributed by atoms with Crippen molar-refractivity contribution < 1.29 is 15.1 Å². The predicted molar refractivity (Wildman–Crippen MR) is 109 cm³/mol. The molecule has 1 aromatic carbocycles. The number of oxime groups is 1. The molecule has 0 aliphatic carbocycles. The van der Waals surface area contributed by atoms with Crippen LogP contribution in [0.15, 0.2) is 23.4 Å². The molecule has 1 rings (SSSR count). The summed E-state index contributed by atoms with van der Waals surface area (Å²) in [6.07, 6.45) is 14.8. The van der Waals surface area contributed by atoms with Crippen LogP contribution >= 0.6 is 0 Å². The van der Waals surface area contributed by atoms with Gasteiger partial charge in [0.1, 0.15) is 11.5 Å². The zero-order chi connectivity index (χ0) is 19.0. The number of unbranched alkanes of at least 4 members (excludes halogenated alkanes) is 10. The minimum atomic E-state index is 0.129. The zero-order valence-electron chi connectivity index (χ0n) is 16.7. The molecule has 0 heterocycles. The Bertz CT molecular complexity index is 514. The summed E-state index contributed by atoms with van der Waals surface area (Å²) in [5.41, 5.74) is 1.09. The third-order valence-electron chi connectivity index (χ3n) is 4.73. The average Bonchev–Trinajstić information content (AvgIpc) is 2.65. The molecule has 0 aromatic heterocycles. The Balaban J connectivity index is 2.22. The summed E-state index contributed by atoms with van der Waals surface area (Å²) < 4.78 is 5.46. The van der Waals surface area contributed by atoms with Crippen molar-refractivity contribution in [2.45, 2.75) is 90.9 Å². The third-order valence-corrected chi connectivity index (χ3v) is 4.73. The van der Waals surface area contributed by atoms with Crippen LogP contribution in [-0.4, -0.2) is 22.6 Å². The molecule has 26 heavy (non-hydrogen) atoms. The summed E-state index contributed by atoms with van der Waals surface area (Å²) in [4.78, 5) is 0. The van der Waals surface area contributed by atoms with Crippen LogP contribution in [0.4, 0.5) is 0 Å². The molecule has 0 unspecified atom stereocenters. The van der Waals surface area contributed by atoms with E-state index in [-0.39, 0.29) is 5.75 Å². The zero-order valence-corrected chi connectivity index (χ0v) is 16.7. The van der Waals surface area contributed by atoms with E-state index in [1.165, 1.54) is 57.8 Å². The number of hydrogen-bond acceptors (Lipinski definition) is 4. The second-order valence-corrected chi connectivity index (χ2v) is 6.94. The van der Waals surface area contributed by atoms with Crippen LogP contribution in [0, 0.1) is 0 Å². The van der Waals surface area contributed by atoms with Crippen molar-refractivity contribution in [2.75, 3.05) is 6.61 Å². The topological polar surface area (TPSA) is 62.1 Å². The van der Waals surface area contributed by atoms with Crippen molar-refractivity contribution in [1.29, 1.82) is 0 Å². The quantitative estimate of drug-likeness (QED) is 0.158. The van der Waals surface area contributed by atoms with Crippen LogP contribution in [0.25, 0.3) is 0 Å². The number of hydrogen-bond donors (Lipinski definition) is 2. The van der Waals surface area contributed by atoms with E-state index in [1.807, 2.05) is 6.92 Å². The predicted octanol–water partition coefficient (Wildman–Crippen LogP) is 6.67. The molecule has 148 valence electrons. The second-order valence-electron chi connectivity index (χ2n) is 6.94. The summed E-state index contributed by atoms with van der Waals surface area (Å²) in [6, 6.07) is 5.05. The normalized spacial score (nSPS) is 11.7. The van der Waals surface area contributed by atoms with Crippen molar-refractivity contribution in [3.8, 4) is 11.5 Å². The minimum Gasteiger partial charge on any atom is -0.507 e. The minimum absolute atomic E-state index is 0.129. The number of aromatic hydroxyl groups is 1. The summed E-state index contributed by atoms with van der Waals surface area (Å²) in [6.45, 7) is 4.73. The molecule has 2 N–H and O–H groups in total. The third kappa shape index (κ3) is 9.12. The Hall–Kier alpha value is -1.71. The molecule has 1 aromatic rings. The molecular formula is C22H37NO3. The van der Waals surface area contributed by atoms with E-state index in [2.05, 4.69) is 12.1 Å². The highest BCUT2D eigenvalue weighted by Gasteiger charge is 2.11. The number of phenolic OH excluding ortho intramolecular Hbond substituents is 1. The summed E-state index contributed by atoms with van der Waals surface area (Å²) in [5.74, 6) is 0.810. The number of phenols is 1. The smallest absolute Gasteiger partial charge is 0.125 e. The molecule has 0 amide bonds. The van der Waals surface area contributed by atoms with E-state index in [0.29, 0.717) is 30.1 Å². The molecule has 0 spiro atoms. The van der Waals surface area contributed by atoms with Crippen molar-refractivity contribution in [3.05, 3.63) is 23.8 Å². The molecule has 4 heteroatoms. The lowest BCUT2D eigenvalue weighted by molar-refractivity contribution is 0.317. The van der Waals surface area contributed by atoms with Crippen molar-refractivity contribution in [1.82, 2.24) is 0 Å². The van der Waals surface area contributed by atoms with Gasteiger partial charge < -0.3 is 15.1 Å². The summed E-state index contributed by atoms with van der Waals surface area (Å²) in [5, 5.41) is 22.8. The highest BCUT2D eigenvalue weighted by atomic mass is 16.5. The van der Waals surface area contributed by atoms with Gasteiger partial charge in [0.2, 0.25) is 0 Å². The van der Waals surface area contributed by atoms with Crippen molar-refractivity contribution in [2.24, 2.45) is 5.16 Å². The Morgan fingerprint density at radius 2 is 1.46 bits per heavy atom. The van der Waals surface area contributed by atoms with Crippen LogP contribution in [0.2, 0.25) is 0 Å². The maximum Gasteiger partial charge on any atom is 0.125 e. The first-order valence-corrected chi connectivity index (χ1v) is 10.4. The summed E-state index contributed by atoms with van der Waals surface area (Å²) in [7, 11) is 0. The van der Waals surface area contributed by atoms with Gasteiger partial charge in [-0.15, -0.1) is 0 Å². The lowest BCUT2D eigenvalue weighted by Crippen LogP contribution is -2.03. The van der Waals surface area contributed by atoms with Crippen LogP contribution in [0.5, 0.6) is 11.5 Å². The van der Waals surface area contributed by atoms with E-state index in [0.717, 1.165) is 12.8 Å². The first-order valence-electron chi connectivity index (χ1n) is 10.4. The Labute approximate surface area is 159 Å². The maximum absolute atomic E-state index is 10.0. The van der Waals surface area contributed by atoms with Gasteiger partial charge in [-0.2, -0.15) is 0 Å². The van der Waals surface area contributed by atoms with Gasteiger partial charge in [0.25, 0.3) is 0 Å². The van der Waals surface area contributed by atoms with E-state index < -0.39 is 0 Å². The van der Waals surface area contributed by atoms with Gasteiger partial charge in [0.15, 0.2) is 0 Å². The molecule has 0 bridgehead atoms. The lowest BCUT2D eigenvalue weighted by atomic mass is 10.0. The molecule has 0 aliphatic heterocycles. The molecule has 0 fully saturated rings. The monoisotopic (exact) mass is 363 g/mol. The molecular weight excluding hydrogens is 326 g/mol. The molecule has 0 aliphatic rings. The maximum atomic E-state index is 10.0. The second kappa shape index (κ2) is 14.5. The van der Waals surface area contributed by atoms with E-state index in [4.69, 9.17) is 4.74 Å². The molecule has 0 atom stereocenters. The standard InChI is InChI=1S/C22H37NO3/c1-3-5-6-7-8-9-10-11-12-13-14-15-21(23-25)20-18-19(26-4-2)16-17-22(20)24/h16-18,24-25H,3-15H2,1-2H3. The fraction of sp³-hybridized carbons (Fsp3) is 0.682. The molecule has 0 radical (unpaired) electrons. The number of nitrogens with zero attached hydrogens (tertiary/aromatic N) is 1. The summed E-state index contributed by atoms with van der Waals surface area (Å²) >= 11 is 0. The van der Waals surface area contributed by atoms with Crippen LogP contribution < -0.4 is 4.74 Å². The highest BCUT2D eigenvalue weighted by Crippen LogP contribution is 2.25. The van der Waals surface area contributed by atoms with Gasteiger partial charge in [-0.1, -0.05) is 76.3 Å². The van der Waals surface area contributed by atoms with Gasteiger partial charge in [0, 0.05) is 5.56 Å². The Morgan fingerprint density at radius 1 is 0.885 bits per heavy atom. The molecule has 0 saturated carbocycles. The molecule has 4 nitrogen and oxygen atoms in total. The van der Waals surface area contributed by atoms with Gasteiger partial charge >= 0.3 is 0 Å². The average molecular weight is 364 g/mol. The molecule has 0 saturated heterocycles. The van der Waals surface area contributed by atoms with Crippen molar-refractivity contribution in [3.63, 3.8) is 0 Å². The first-order chi connectivity index (χ1) is 12.7. The van der Waals surface area contributed by atoms with Crippen LogP contribution in [0.1, 0.15) is 96.5 Å². The van der Waals surface area contributed by atoms with E-state index in [9.17, 15) is 10.3 Å². The van der Waals surface area contributed by atoms with E-state index >= 15 is 0 Å². The number of ether oxygens (including phenoxy) is 1. The van der Waals surface area contributed by atoms with Gasteiger partial charge in [-0.25, -0.2) is 0 Å². The van der Waals surface area contributed by atoms with E-state index in [1.54, 1.807) is 18.2 Å². The fourth-order valence-corrected chi connectivity index (χ4v) is 3.20. The fourth-order valence-electron chi connectivity index (χ4n) is 3.20. The van der Waals surface area contributed by atoms with Crippen molar-refractivity contribution >= 4 is 5.71 Å². The highest BCUT2D eigenvalue weighted by molar-refractivity contribution is 6.02. The Morgan fingerprint density at radius 3 is 2.00 bits per heavy atom. The first kappa shape index (κ1) is 22.3. The van der Waals surface area contributed by atoms with Gasteiger partial charge in [-0.05, 0) is 38.0 Å². The van der Waals surface area contributed by atoms with Crippen LogP contribution in [0.3, 0.4) is 0 Å².